The van der Waals surface area contributed by atoms with Crippen LogP contribution < -0.4 is 0 Å². The van der Waals surface area contributed by atoms with Crippen molar-refractivity contribution in [2.24, 2.45) is 0 Å². The van der Waals surface area contributed by atoms with Crippen LogP contribution in [0.25, 0.3) is 0 Å². The molecule has 54 valence electrons. The zero-order chi connectivity index (χ0) is 7.83. The Hall–Kier alpha value is -0.593. The van der Waals surface area contributed by atoms with Gasteiger partial charge < -0.3 is 4.43 Å². The Bertz CT molecular complexity index is 216. The molecule has 0 N–H and O–H groups in total. The summed E-state index contributed by atoms with van der Waals surface area (Å²) < 4.78 is 5.55. The van der Waals surface area contributed by atoms with Crippen LogP contribution in [0.15, 0.2) is 11.8 Å². The minimum absolute atomic E-state index is 0.643. The van der Waals surface area contributed by atoms with Crippen molar-refractivity contribution < 1.29 is 4.43 Å². The molecule has 0 spiro atoms. The van der Waals surface area contributed by atoms with E-state index in [-0.39, 0.29) is 0 Å². The summed E-state index contributed by atoms with van der Waals surface area (Å²) in [5.41, 5.74) is 1.41. The van der Waals surface area contributed by atoms with Crippen LogP contribution in [-0.2, 0) is 4.43 Å². The van der Waals surface area contributed by atoms with E-state index >= 15 is 0 Å². The first-order valence-electron chi connectivity index (χ1n) is 3.29. The third-order valence-electron chi connectivity index (χ3n) is 1.50. The van der Waals surface area contributed by atoms with Gasteiger partial charge in [-0.3, -0.25) is 0 Å². The Balaban J connectivity index is 2.81. The predicted molar refractivity (Wildman–Crippen MR) is 41.7 cm³/mol. The molecule has 1 rings (SSSR count). The molecular weight excluding hydrogens is 142 g/mol. The third kappa shape index (κ3) is 1.28. The van der Waals surface area contributed by atoms with Crippen LogP contribution >= 0.6 is 0 Å². The van der Waals surface area contributed by atoms with E-state index in [4.69, 9.17) is 9.69 Å². The van der Waals surface area contributed by atoms with Crippen LogP contribution in [0.3, 0.4) is 0 Å². The van der Waals surface area contributed by atoms with Gasteiger partial charge in [0.25, 0.3) is 0 Å². The largest absolute Gasteiger partial charge is 0.393 e. The van der Waals surface area contributed by atoms with Gasteiger partial charge >= 0.3 is 0 Å². The van der Waals surface area contributed by atoms with E-state index in [0.717, 1.165) is 0 Å². The highest BCUT2D eigenvalue weighted by molar-refractivity contribution is 6.77. The molecule has 0 aliphatic carbocycles. The molecule has 0 aromatic heterocycles. The summed E-state index contributed by atoms with van der Waals surface area (Å²) in [7, 11) is -1.60. The van der Waals surface area contributed by atoms with Crippen LogP contribution in [0.2, 0.25) is 13.1 Å². The fourth-order valence-corrected chi connectivity index (χ4v) is 3.03. The summed E-state index contributed by atoms with van der Waals surface area (Å²) in [6, 6.07) is 2.12. The number of rotatable bonds is 0. The van der Waals surface area contributed by atoms with Crippen molar-refractivity contribution in [3.05, 3.63) is 11.8 Å². The van der Waals surface area contributed by atoms with Gasteiger partial charge in [-0.05, 0) is 26.1 Å². The second-order valence-corrected chi connectivity index (χ2v) is 7.00. The maximum Gasteiger partial charge on any atom is 0.213 e. The molecule has 1 aliphatic heterocycles. The van der Waals surface area contributed by atoms with Crippen LogP contribution in [0.1, 0.15) is 6.92 Å². The summed E-state index contributed by atoms with van der Waals surface area (Å²) >= 11 is 0. The lowest BCUT2D eigenvalue weighted by Gasteiger charge is -2.20. The predicted octanol–water partition coefficient (Wildman–Crippen LogP) is 1.60. The Morgan fingerprint density at radius 1 is 1.60 bits per heavy atom. The molecule has 0 bridgehead atoms. The summed E-state index contributed by atoms with van der Waals surface area (Å²) in [6.07, 6.45) is 1.86. The monoisotopic (exact) mass is 153 g/mol. The van der Waals surface area contributed by atoms with Gasteiger partial charge in [0.05, 0.1) is 0 Å². The highest BCUT2D eigenvalue weighted by Crippen LogP contribution is 2.26. The average molecular weight is 153 g/mol. The maximum atomic E-state index is 8.65. The second kappa shape index (κ2) is 1.94. The minimum atomic E-state index is -1.60. The molecule has 1 unspecified atom stereocenters. The van der Waals surface area contributed by atoms with Gasteiger partial charge in [0.15, 0.2) is 5.60 Å². The standard InChI is InChI=1S/C7H11NOSi/c1-7(6-8)4-5-10(2,3)9-7/h4-5H,1-3H3. The molecule has 1 heterocycles. The van der Waals surface area contributed by atoms with Crippen molar-refractivity contribution in [1.82, 2.24) is 0 Å². The number of nitrogens with zero attached hydrogens (tertiary/aromatic N) is 1. The van der Waals surface area contributed by atoms with Crippen molar-refractivity contribution in [2.75, 3.05) is 0 Å². The van der Waals surface area contributed by atoms with Crippen molar-refractivity contribution >= 4 is 8.32 Å². The Morgan fingerprint density at radius 2 is 2.20 bits per heavy atom. The first-order valence-corrected chi connectivity index (χ1v) is 6.28. The normalized spacial score (nSPS) is 35.8. The highest BCUT2D eigenvalue weighted by atomic mass is 28.4. The summed E-state index contributed by atoms with van der Waals surface area (Å²) in [5, 5.41) is 8.65. The first-order chi connectivity index (χ1) is 4.47. The molecule has 0 saturated carbocycles. The molecule has 10 heavy (non-hydrogen) atoms. The summed E-state index contributed by atoms with van der Waals surface area (Å²) in [6.45, 7) is 5.95. The van der Waals surface area contributed by atoms with E-state index in [1.165, 1.54) is 0 Å². The van der Waals surface area contributed by atoms with Crippen molar-refractivity contribution in [3.8, 4) is 6.07 Å². The number of nitriles is 1. The minimum Gasteiger partial charge on any atom is -0.393 e. The fraction of sp³-hybridized carbons (Fsp3) is 0.571. The molecule has 1 atom stereocenters. The smallest absolute Gasteiger partial charge is 0.213 e. The molecule has 0 amide bonds. The maximum absolute atomic E-state index is 8.65. The van der Waals surface area contributed by atoms with Gasteiger partial charge in [0.2, 0.25) is 8.32 Å². The zero-order valence-corrected chi connectivity index (χ0v) is 7.51. The molecule has 0 radical (unpaired) electrons. The van der Waals surface area contributed by atoms with Gasteiger partial charge in [-0.1, -0.05) is 5.70 Å². The van der Waals surface area contributed by atoms with Crippen LogP contribution in [0, 0.1) is 11.3 Å². The molecule has 0 aromatic carbocycles. The van der Waals surface area contributed by atoms with E-state index in [2.05, 4.69) is 24.9 Å². The molecule has 0 saturated heterocycles. The molecular formula is C7H11NOSi. The molecule has 0 aromatic rings. The van der Waals surface area contributed by atoms with Crippen molar-refractivity contribution in [3.63, 3.8) is 0 Å². The highest BCUT2D eigenvalue weighted by Gasteiger charge is 2.36. The van der Waals surface area contributed by atoms with Crippen LogP contribution in [-0.4, -0.2) is 13.9 Å². The van der Waals surface area contributed by atoms with E-state index in [1.54, 1.807) is 6.92 Å². The van der Waals surface area contributed by atoms with Gasteiger partial charge in [0, 0.05) is 0 Å². The number of hydrogen-bond acceptors (Lipinski definition) is 2. The van der Waals surface area contributed by atoms with E-state index in [9.17, 15) is 0 Å². The third-order valence-corrected chi connectivity index (χ3v) is 3.42. The summed E-state index contributed by atoms with van der Waals surface area (Å²) in [5.74, 6) is 0. The lowest BCUT2D eigenvalue weighted by molar-refractivity contribution is 0.207. The van der Waals surface area contributed by atoms with E-state index in [1.807, 2.05) is 6.08 Å². The molecule has 2 nitrogen and oxygen atoms in total. The van der Waals surface area contributed by atoms with Gasteiger partial charge in [-0.2, -0.15) is 5.26 Å². The second-order valence-electron chi connectivity index (χ2n) is 3.26. The topological polar surface area (TPSA) is 33.0 Å². The Kier molecular flexibility index (Phi) is 1.46. The zero-order valence-electron chi connectivity index (χ0n) is 6.51. The molecule has 1 aliphatic rings. The Morgan fingerprint density at radius 3 is 2.40 bits per heavy atom. The fourth-order valence-electron chi connectivity index (χ4n) is 1.03. The van der Waals surface area contributed by atoms with Crippen LogP contribution in [0.4, 0.5) is 0 Å². The molecule has 0 fully saturated rings. The van der Waals surface area contributed by atoms with Gasteiger partial charge in [-0.25, -0.2) is 0 Å². The lowest BCUT2D eigenvalue weighted by atomic mass is 10.1. The van der Waals surface area contributed by atoms with Gasteiger partial charge in [-0.15, -0.1) is 0 Å². The SMILES string of the molecule is CC1(C#N)C=C[Si](C)(C)O1. The average Bonchev–Trinajstić information content (AvgIpc) is 2.08. The number of hydrogen-bond donors (Lipinski definition) is 0. The lowest BCUT2D eigenvalue weighted by Crippen LogP contribution is -2.32. The van der Waals surface area contributed by atoms with E-state index < -0.39 is 13.9 Å². The first kappa shape index (κ1) is 7.51. The van der Waals surface area contributed by atoms with Gasteiger partial charge in [0.1, 0.15) is 6.07 Å². The Labute approximate surface area is 62.2 Å². The quantitative estimate of drug-likeness (QED) is 0.495. The summed E-state index contributed by atoms with van der Waals surface area (Å²) in [4.78, 5) is 0. The van der Waals surface area contributed by atoms with Crippen molar-refractivity contribution in [1.29, 1.82) is 5.26 Å². The van der Waals surface area contributed by atoms with E-state index in [0.29, 0.717) is 0 Å². The van der Waals surface area contributed by atoms with Crippen LogP contribution in [0.5, 0.6) is 0 Å². The van der Waals surface area contributed by atoms with Crippen molar-refractivity contribution in [2.45, 2.75) is 25.6 Å². The molecule has 3 heteroatoms.